The number of hydrogen-bond acceptors (Lipinski definition) is 4. The number of sulfonamides is 1. The van der Waals surface area contributed by atoms with Crippen molar-refractivity contribution in [3.63, 3.8) is 0 Å². The molecular formula is C10H14ClN3O3S. The molecule has 0 saturated heterocycles. The molecule has 0 aliphatic carbocycles. The molecule has 1 aromatic rings. The van der Waals surface area contributed by atoms with Crippen LogP contribution in [0.15, 0.2) is 23.1 Å². The molecule has 0 bridgehead atoms. The summed E-state index contributed by atoms with van der Waals surface area (Å²) in [5, 5.41) is 2.35. The quantitative estimate of drug-likeness (QED) is 0.731. The summed E-state index contributed by atoms with van der Waals surface area (Å²) < 4.78 is 25.7. The average molecular weight is 292 g/mol. The van der Waals surface area contributed by atoms with Gasteiger partial charge in [-0.3, -0.25) is 0 Å². The van der Waals surface area contributed by atoms with Crippen molar-refractivity contribution in [2.24, 2.45) is 0 Å². The van der Waals surface area contributed by atoms with Crippen molar-refractivity contribution in [2.75, 3.05) is 5.73 Å². The van der Waals surface area contributed by atoms with Crippen LogP contribution in [0.5, 0.6) is 0 Å². The van der Waals surface area contributed by atoms with E-state index in [2.05, 4.69) is 5.32 Å². The first-order chi connectivity index (χ1) is 8.24. The van der Waals surface area contributed by atoms with E-state index in [9.17, 15) is 13.2 Å². The van der Waals surface area contributed by atoms with E-state index in [0.29, 0.717) is 0 Å². The smallest absolute Gasteiger partial charge is 0.328 e. The zero-order chi connectivity index (χ0) is 13.9. The molecule has 18 heavy (non-hydrogen) atoms. The molecule has 2 amide bonds. The van der Waals surface area contributed by atoms with Gasteiger partial charge in [-0.05, 0) is 26.0 Å². The Morgan fingerprint density at radius 1 is 1.39 bits per heavy atom. The van der Waals surface area contributed by atoms with Crippen LogP contribution in [0.4, 0.5) is 10.5 Å². The van der Waals surface area contributed by atoms with Crippen LogP contribution in [0.25, 0.3) is 0 Å². The van der Waals surface area contributed by atoms with Gasteiger partial charge in [0.25, 0.3) is 10.0 Å². The fraction of sp³-hybridized carbons (Fsp3) is 0.300. The highest BCUT2D eigenvalue weighted by atomic mass is 35.5. The Morgan fingerprint density at radius 2 is 2.00 bits per heavy atom. The van der Waals surface area contributed by atoms with E-state index >= 15 is 0 Å². The molecular weight excluding hydrogens is 278 g/mol. The fourth-order valence-corrected chi connectivity index (χ4v) is 2.87. The summed E-state index contributed by atoms with van der Waals surface area (Å²) in [6.45, 7) is 3.41. The fourth-order valence-electron chi connectivity index (χ4n) is 1.27. The summed E-state index contributed by atoms with van der Waals surface area (Å²) in [5.74, 6) is 0. The topological polar surface area (TPSA) is 101 Å². The van der Waals surface area contributed by atoms with Gasteiger partial charge in [0.1, 0.15) is 4.90 Å². The van der Waals surface area contributed by atoms with E-state index in [1.54, 1.807) is 13.8 Å². The van der Waals surface area contributed by atoms with E-state index in [1.807, 2.05) is 4.72 Å². The molecule has 8 heteroatoms. The van der Waals surface area contributed by atoms with Gasteiger partial charge in [0.15, 0.2) is 0 Å². The van der Waals surface area contributed by atoms with Gasteiger partial charge < -0.3 is 11.1 Å². The Hall–Kier alpha value is -1.47. The number of anilines is 1. The number of amides is 2. The van der Waals surface area contributed by atoms with E-state index in [-0.39, 0.29) is 21.6 Å². The van der Waals surface area contributed by atoms with Gasteiger partial charge in [-0.25, -0.2) is 17.9 Å². The number of rotatable bonds is 3. The zero-order valence-corrected chi connectivity index (χ0v) is 11.5. The third kappa shape index (κ3) is 3.51. The predicted octanol–water partition coefficient (Wildman–Crippen LogP) is 1.32. The number of urea groups is 1. The van der Waals surface area contributed by atoms with Crippen LogP contribution in [0.2, 0.25) is 5.02 Å². The van der Waals surface area contributed by atoms with Gasteiger partial charge in [0, 0.05) is 6.04 Å². The van der Waals surface area contributed by atoms with E-state index < -0.39 is 16.1 Å². The number of nitrogens with two attached hydrogens (primary N) is 1. The highest BCUT2D eigenvalue weighted by molar-refractivity contribution is 7.90. The second kappa shape index (κ2) is 5.45. The Bertz CT molecular complexity index is 537. The highest BCUT2D eigenvalue weighted by Crippen LogP contribution is 2.26. The number of nitrogens with one attached hydrogen (secondary N) is 2. The largest absolute Gasteiger partial charge is 0.398 e. The minimum atomic E-state index is -4.09. The number of nitrogen functional groups attached to an aromatic ring is 1. The standard InChI is InChI=1S/C10H14ClN3O3S/c1-6(2)13-10(15)14-18(16,17)9-7(11)4-3-5-8(9)12/h3-6H,12H2,1-2H3,(H2,13,14,15). The lowest BCUT2D eigenvalue weighted by atomic mass is 10.3. The SMILES string of the molecule is CC(C)NC(=O)NS(=O)(=O)c1c(N)cccc1Cl. The second-order valence-corrected chi connectivity index (χ2v) is 5.92. The van der Waals surface area contributed by atoms with Crippen LogP contribution in [0, 0.1) is 0 Å². The maximum absolute atomic E-state index is 11.9. The zero-order valence-electron chi connectivity index (χ0n) is 9.90. The first-order valence-corrected chi connectivity index (χ1v) is 6.97. The van der Waals surface area contributed by atoms with Crippen molar-refractivity contribution in [1.29, 1.82) is 0 Å². The molecule has 4 N–H and O–H groups in total. The van der Waals surface area contributed by atoms with Crippen molar-refractivity contribution in [1.82, 2.24) is 10.0 Å². The molecule has 0 spiro atoms. The van der Waals surface area contributed by atoms with Crippen molar-refractivity contribution in [3.8, 4) is 0 Å². The third-order valence-electron chi connectivity index (χ3n) is 1.91. The minimum Gasteiger partial charge on any atom is -0.398 e. The highest BCUT2D eigenvalue weighted by Gasteiger charge is 2.23. The number of carbonyl (C=O) groups is 1. The first-order valence-electron chi connectivity index (χ1n) is 5.11. The molecule has 0 aromatic heterocycles. The van der Waals surface area contributed by atoms with Gasteiger partial charge in [0.2, 0.25) is 0 Å². The van der Waals surface area contributed by atoms with Crippen molar-refractivity contribution >= 4 is 33.3 Å². The maximum atomic E-state index is 11.9. The summed E-state index contributed by atoms with van der Waals surface area (Å²) >= 11 is 5.77. The predicted molar refractivity (Wildman–Crippen MR) is 69.9 cm³/mol. The Morgan fingerprint density at radius 3 is 2.50 bits per heavy atom. The number of benzene rings is 1. The summed E-state index contributed by atoms with van der Waals surface area (Å²) in [7, 11) is -4.09. The van der Waals surface area contributed by atoms with Gasteiger partial charge in [-0.1, -0.05) is 17.7 Å². The van der Waals surface area contributed by atoms with Crippen LogP contribution in [-0.4, -0.2) is 20.5 Å². The first kappa shape index (κ1) is 14.6. The molecule has 0 heterocycles. The average Bonchev–Trinajstić information content (AvgIpc) is 2.13. The summed E-state index contributed by atoms with van der Waals surface area (Å²) in [4.78, 5) is 11.1. The van der Waals surface area contributed by atoms with Gasteiger partial charge in [-0.15, -0.1) is 0 Å². The molecule has 0 atom stereocenters. The van der Waals surface area contributed by atoms with Crippen molar-refractivity contribution in [2.45, 2.75) is 24.8 Å². The van der Waals surface area contributed by atoms with Crippen LogP contribution < -0.4 is 15.8 Å². The summed E-state index contributed by atoms with van der Waals surface area (Å²) in [5.41, 5.74) is 5.53. The summed E-state index contributed by atoms with van der Waals surface area (Å²) in [6.07, 6.45) is 0. The molecule has 0 saturated carbocycles. The van der Waals surface area contributed by atoms with Crippen LogP contribution in [-0.2, 0) is 10.0 Å². The van der Waals surface area contributed by atoms with E-state index in [1.165, 1.54) is 18.2 Å². The molecule has 0 radical (unpaired) electrons. The normalized spacial score (nSPS) is 11.3. The molecule has 1 rings (SSSR count). The van der Waals surface area contributed by atoms with Crippen LogP contribution >= 0.6 is 11.6 Å². The lowest BCUT2D eigenvalue weighted by Crippen LogP contribution is -2.42. The van der Waals surface area contributed by atoms with Crippen molar-refractivity contribution < 1.29 is 13.2 Å². The molecule has 0 aliphatic heterocycles. The van der Waals surface area contributed by atoms with E-state index in [4.69, 9.17) is 17.3 Å². The van der Waals surface area contributed by atoms with E-state index in [0.717, 1.165) is 0 Å². The monoisotopic (exact) mass is 291 g/mol. The number of hydrogen-bond donors (Lipinski definition) is 3. The van der Waals surface area contributed by atoms with Crippen LogP contribution in [0.3, 0.4) is 0 Å². The molecule has 1 aromatic carbocycles. The Balaban J connectivity index is 3.04. The molecule has 100 valence electrons. The molecule has 0 aliphatic rings. The van der Waals surface area contributed by atoms with Crippen molar-refractivity contribution in [3.05, 3.63) is 23.2 Å². The van der Waals surface area contributed by atoms with Gasteiger partial charge in [-0.2, -0.15) is 0 Å². The van der Waals surface area contributed by atoms with Crippen LogP contribution in [0.1, 0.15) is 13.8 Å². The lowest BCUT2D eigenvalue weighted by Gasteiger charge is -2.12. The van der Waals surface area contributed by atoms with Gasteiger partial charge >= 0.3 is 6.03 Å². The Kier molecular flexibility index (Phi) is 4.42. The molecule has 0 fully saturated rings. The third-order valence-corrected chi connectivity index (χ3v) is 3.79. The minimum absolute atomic E-state index is 0.0210. The second-order valence-electron chi connectivity index (χ2n) is 3.89. The number of halogens is 1. The Labute approximate surface area is 111 Å². The van der Waals surface area contributed by atoms with Gasteiger partial charge in [0.05, 0.1) is 10.7 Å². The molecule has 6 nitrogen and oxygen atoms in total. The lowest BCUT2D eigenvalue weighted by molar-refractivity contribution is 0.243. The number of carbonyl (C=O) groups excluding carboxylic acids is 1. The summed E-state index contributed by atoms with van der Waals surface area (Å²) in [6, 6.07) is 3.27. The molecule has 0 unspecified atom stereocenters. The maximum Gasteiger partial charge on any atom is 0.328 e.